The number of carbonyl (C=O) groups excluding carboxylic acids is 1. The second kappa shape index (κ2) is 4.98. The molecule has 0 saturated heterocycles. The lowest BCUT2D eigenvalue weighted by atomic mass is 9.46. The largest absolute Gasteiger partial charge is 0.377 e. The Morgan fingerprint density at radius 1 is 1.17 bits per heavy atom. The molecule has 4 aliphatic carbocycles. The molecule has 0 aromatic carbocycles. The fourth-order valence-electron chi connectivity index (χ4n) is 6.84. The summed E-state index contributed by atoms with van der Waals surface area (Å²) in [7, 11) is 0. The van der Waals surface area contributed by atoms with E-state index in [1.807, 2.05) is 6.08 Å². The Bertz CT molecular complexity index is 655. The molecule has 4 aliphatic rings. The summed E-state index contributed by atoms with van der Waals surface area (Å²) in [6.07, 6.45) is 14.8. The maximum atomic E-state index is 13.1. The minimum atomic E-state index is -1.03. The van der Waals surface area contributed by atoms with Gasteiger partial charge in [-0.15, -0.1) is 6.42 Å². The van der Waals surface area contributed by atoms with Crippen LogP contribution in [0.25, 0.3) is 0 Å². The molecule has 0 amide bonds. The van der Waals surface area contributed by atoms with Crippen molar-refractivity contribution in [1.82, 2.24) is 0 Å². The molecule has 3 saturated carbocycles. The standard InChI is InChI=1S/C22H30O2/c1-5-22(24)11-8-17-19-16(7-10-21(17,22)4)20(3)9-6-14(2)12-15(20)13-18(19)23/h1,13-14,16-17,19,24H,6-12H2,2-4H3/t14-,16?,17?,19?,20-,21-,22-/m0/s1. The molecule has 0 spiro atoms. The first-order valence-corrected chi connectivity index (χ1v) is 9.70. The van der Waals surface area contributed by atoms with E-state index in [4.69, 9.17) is 6.42 Å². The maximum absolute atomic E-state index is 13.1. The summed E-state index contributed by atoms with van der Waals surface area (Å²) in [5.74, 6) is 4.44. The van der Waals surface area contributed by atoms with Gasteiger partial charge in [0.15, 0.2) is 5.78 Å². The van der Waals surface area contributed by atoms with Crippen LogP contribution < -0.4 is 0 Å². The molecule has 0 aromatic rings. The predicted octanol–water partition coefficient (Wildman–Crippen LogP) is 4.13. The van der Waals surface area contributed by atoms with Crippen molar-refractivity contribution >= 4 is 5.78 Å². The van der Waals surface area contributed by atoms with Crippen molar-refractivity contribution in [2.75, 3.05) is 0 Å². The number of rotatable bonds is 0. The number of ketones is 1. The summed E-state index contributed by atoms with van der Waals surface area (Å²) < 4.78 is 0. The highest BCUT2D eigenvalue weighted by Crippen LogP contribution is 2.66. The van der Waals surface area contributed by atoms with Crippen molar-refractivity contribution in [2.45, 2.75) is 71.3 Å². The Labute approximate surface area is 146 Å². The SMILES string of the molecule is C#C[C@]1(O)CCC2C3C(=O)C=C4C[C@@H](C)CC[C@]4(C)C3CC[C@@]21C. The zero-order chi connectivity index (χ0) is 17.3. The van der Waals surface area contributed by atoms with Gasteiger partial charge < -0.3 is 5.11 Å². The normalized spacial score (nSPS) is 53.5. The average molecular weight is 326 g/mol. The molecule has 0 aromatic heterocycles. The van der Waals surface area contributed by atoms with E-state index >= 15 is 0 Å². The van der Waals surface area contributed by atoms with E-state index in [-0.39, 0.29) is 22.7 Å². The Morgan fingerprint density at radius 2 is 1.88 bits per heavy atom. The highest BCUT2D eigenvalue weighted by atomic mass is 16.3. The second-order valence-corrected chi connectivity index (χ2v) is 9.58. The van der Waals surface area contributed by atoms with Crippen LogP contribution >= 0.6 is 0 Å². The quantitative estimate of drug-likeness (QED) is 0.680. The molecule has 0 heterocycles. The van der Waals surface area contributed by atoms with Crippen LogP contribution in [0.15, 0.2) is 11.6 Å². The van der Waals surface area contributed by atoms with Crippen LogP contribution in [0.2, 0.25) is 0 Å². The van der Waals surface area contributed by atoms with Gasteiger partial charge in [-0.2, -0.15) is 0 Å². The van der Waals surface area contributed by atoms with Gasteiger partial charge in [0.1, 0.15) is 5.60 Å². The molecule has 24 heavy (non-hydrogen) atoms. The Kier molecular flexibility index (Phi) is 3.40. The molecule has 0 radical (unpaired) electrons. The van der Waals surface area contributed by atoms with E-state index in [0.29, 0.717) is 24.0 Å². The monoisotopic (exact) mass is 326 g/mol. The van der Waals surface area contributed by atoms with E-state index in [1.54, 1.807) is 0 Å². The second-order valence-electron chi connectivity index (χ2n) is 9.58. The first kappa shape index (κ1) is 16.4. The van der Waals surface area contributed by atoms with Gasteiger partial charge in [-0.3, -0.25) is 4.79 Å². The zero-order valence-electron chi connectivity index (χ0n) is 15.3. The third-order valence-corrected chi connectivity index (χ3v) is 8.58. The van der Waals surface area contributed by atoms with Crippen molar-refractivity contribution < 1.29 is 9.90 Å². The lowest BCUT2D eigenvalue weighted by Gasteiger charge is -2.57. The van der Waals surface area contributed by atoms with Crippen LogP contribution in [-0.2, 0) is 4.79 Å². The van der Waals surface area contributed by atoms with Gasteiger partial charge in [-0.25, -0.2) is 0 Å². The summed E-state index contributed by atoms with van der Waals surface area (Å²) in [5.41, 5.74) is 0.252. The number of aliphatic hydroxyl groups is 1. The average Bonchev–Trinajstić information content (AvgIpc) is 2.82. The molecule has 0 bridgehead atoms. The summed E-state index contributed by atoms with van der Waals surface area (Å²) in [5, 5.41) is 11.0. The van der Waals surface area contributed by atoms with Gasteiger partial charge in [0.25, 0.3) is 0 Å². The fraction of sp³-hybridized carbons (Fsp3) is 0.773. The van der Waals surface area contributed by atoms with E-state index in [1.165, 1.54) is 18.4 Å². The van der Waals surface area contributed by atoms with Crippen LogP contribution in [0.5, 0.6) is 0 Å². The molecule has 2 nitrogen and oxygen atoms in total. The smallest absolute Gasteiger partial charge is 0.159 e. The molecular weight excluding hydrogens is 296 g/mol. The van der Waals surface area contributed by atoms with Gasteiger partial charge in [-0.1, -0.05) is 32.3 Å². The lowest BCUT2D eigenvalue weighted by Crippen LogP contribution is -2.56. The fourth-order valence-corrected chi connectivity index (χ4v) is 6.84. The van der Waals surface area contributed by atoms with Gasteiger partial charge in [0.2, 0.25) is 0 Å². The zero-order valence-corrected chi connectivity index (χ0v) is 15.3. The van der Waals surface area contributed by atoms with Crippen molar-refractivity contribution in [3.63, 3.8) is 0 Å². The summed E-state index contributed by atoms with van der Waals surface area (Å²) in [6, 6.07) is 0. The van der Waals surface area contributed by atoms with Gasteiger partial charge in [0.05, 0.1) is 0 Å². The first-order valence-electron chi connectivity index (χ1n) is 9.70. The Balaban J connectivity index is 1.76. The lowest BCUT2D eigenvalue weighted by molar-refractivity contribution is -0.139. The van der Waals surface area contributed by atoms with Gasteiger partial charge >= 0.3 is 0 Å². The topological polar surface area (TPSA) is 37.3 Å². The molecule has 2 heteroatoms. The first-order chi connectivity index (χ1) is 11.2. The molecule has 3 fully saturated rings. The van der Waals surface area contributed by atoms with Crippen molar-refractivity contribution in [1.29, 1.82) is 0 Å². The van der Waals surface area contributed by atoms with Crippen molar-refractivity contribution in [3.05, 3.63) is 11.6 Å². The molecule has 4 rings (SSSR count). The number of hydrogen-bond donors (Lipinski definition) is 1. The van der Waals surface area contributed by atoms with Crippen LogP contribution in [0.1, 0.15) is 65.7 Å². The number of fused-ring (bicyclic) bond motifs is 5. The number of hydrogen-bond acceptors (Lipinski definition) is 2. The third-order valence-electron chi connectivity index (χ3n) is 8.58. The van der Waals surface area contributed by atoms with Crippen LogP contribution in [0, 0.1) is 46.8 Å². The van der Waals surface area contributed by atoms with Crippen LogP contribution in [0.3, 0.4) is 0 Å². The van der Waals surface area contributed by atoms with E-state index in [2.05, 4.69) is 26.7 Å². The van der Waals surface area contributed by atoms with Crippen molar-refractivity contribution in [2.24, 2.45) is 34.5 Å². The summed E-state index contributed by atoms with van der Waals surface area (Å²) >= 11 is 0. The molecule has 7 atom stereocenters. The van der Waals surface area contributed by atoms with E-state index in [0.717, 1.165) is 25.7 Å². The van der Waals surface area contributed by atoms with E-state index in [9.17, 15) is 9.90 Å². The maximum Gasteiger partial charge on any atom is 0.159 e. The van der Waals surface area contributed by atoms with Crippen LogP contribution in [-0.4, -0.2) is 16.5 Å². The van der Waals surface area contributed by atoms with Gasteiger partial charge in [0, 0.05) is 11.3 Å². The summed E-state index contributed by atoms with van der Waals surface area (Å²) in [4.78, 5) is 13.1. The van der Waals surface area contributed by atoms with E-state index < -0.39 is 5.60 Å². The molecule has 0 aliphatic heterocycles. The number of carbonyl (C=O) groups is 1. The van der Waals surface area contributed by atoms with Crippen molar-refractivity contribution in [3.8, 4) is 12.3 Å². The molecule has 130 valence electrons. The predicted molar refractivity (Wildman–Crippen MR) is 95.0 cm³/mol. The van der Waals surface area contributed by atoms with Gasteiger partial charge in [-0.05, 0) is 74.2 Å². The molecule has 1 N–H and O–H groups in total. The third kappa shape index (κ3) is 1.86. The number of allylic oxidation sites excluding steroid dienone is 2. The highest BCUT2D eigenvalue weighted by molar-refractivity contribution is 5.94. The minimum absolute atomic E-state index is 0.0632. The Hall–Kier alpha value is -1.07. The number of terminal acetylenes is 1. The molecular formula is C22H30O2. The highest BCUT2D eigenvalue weighted by Gasteiger charge is 2.65. The summed E-state index contributed by atoms with van der Waals surface area (Å²) in [6.45, 7) is 6.84. The minimum Gasteiger partial charge on any atom is -0.377 e. The Morgan fingerprint density at radius 3 is 2.58 bits per heavy atom. The van der Waals surface area contributed by atoms with Crippen LogP contribution in [0.4, 0.5) is 0 Å². The molecule has 3 unspecified atom stereocenters.